The monoisotopic (exact) mass is 227 g/mol. The van der Waals surface area contributed by atoms with Gasteiger partial charge in [-0.1, -0.05) is 72.6 Å². The third kappa shape index (κ3) is 7.27. The van der Waals surface area contributed by atoms with E-state index < -0.39 is 0 Å². The van der Waals surface area contributed by atoms with Crippen LogP contribution in [0.2, 0.25) is 0 Å². The van der Waals surface area contributed by atoms with Crippen molar-refractivity contribution in [2.24, 2.45) is 5.92 Å². The van der Waals surface area contributed by atoms with Crippen LogP contribution in [-0.2, 0) is 0 Å². The maximum absolute atomic E-state index is 3.68. The topological polar surface area (TPSA) is 12.0 Å². The van der Waals surface area contributed by atoms with Crippen molar-refractivity contribution in [3.63, 3.8) is 0 Å². The van der Waals surface area contributed by atoms with Crippen molar-refractivity contribution in [1.29, 1.82) is 0 Å². The molecule has 1 atom stereocenters. The van der Waals surface area contributed by atoms with Crippen molar-refractivity contribution in [2.75, 3.05) is 6.54 Å². The van der Waals surface area contributed by atoms with Gasteiger partial charge in [0.25, 0.3) is 0 Å². The first-order valence-corrected chi connectivity index (χ1v) is 7.53. The van der Waals surface area contributed by atoms with Crippen molar-refractivity contribution in [3.8, 4) is 0 Å². The first-order chi connectivity index (χ1) is 7.79. The van der Waals surface area contributed by atoms with Gasteiger partial charge >= 0.3 is 0 Å². The number of hydrogen-bond donors (Lipinski definition) is 1. The minimum absolute atomic E-state index is 0.765. The van der Waals surface area contributed by atoms with E-state index in [-0.39, 0.29) is 0 Å². The van der Waals surface area contributed by atoms with Gasteiger partial charge in [0.15, 0.2) is 0 Å². The van der Waals surface area contributed by atoms with E-state index in [1.54, 1.807) is 0 Å². The molecule has 0 aliphatic carbocycles. The molecule has 0 aliphatic rings. The summed E-state index contributed by atoms with van der Waals surface area (Å²) in [4.78, 5) is 0. The predicted octanol–water partition coefficient (Wildman–Crippen LogP) is 4.76. The Labute approximate surface area is 103 Å². The minimum atomic E-state index is 0.765. The molecule has 0 spiro atoms. The van der Waals surface area contributed by atoms with Crippen LogP contribution in [0.4, 0.5) is 0 Å². The summed E-state index contributed by atoms with van der Waals surface area (Å²) < 4.78 is 0. The third-order valence-corrected chi connectivity index (χ3v) is 3.70. The van der Waals surface area contributed by atoms with E-state index in [1.165, 1.54) is 51.4 Å². The molecule has 1 N–H and O–H groups in total. The van der Waals surface area contributed by atoms with Crippen molar-refractivity contribution in [1.82, 2.24) is 5.32 Å². The summed E-state index contributed by atoms with van der Waals surface area (Å²) in [5.74, 6) is 0.881. The van der Waals surface area contributed by atoms with E-state index in [2.05, 4.69) is 33.0 Å². The molecular formula is C15H33N. The number of hydrogen-bond acceptors (Lipinski definition) is 1. The maximum Gasteiger partial charge on any atom is 0.00950 e. The average Bonchev–Trinajstić information content (AvgIpc) is 2.30. The molecule has 16 heavy (non-hydrogen) atoms. The van der Waals surface area contributed by atoms with E-state index in [9.17, 15) is 0 Å². The molecule has 0 bridgehead atoms. The van der Waals surface area contributed by atoms with Crippen LogP contribution in [0.5, 0.6) is 0 Å². The fourth-order valence-corrected chi connectivity index (χ4v) is 2.59. The predicted molar refractivity (Wildman–Crippen MR) is 74.9 cm³/mol. The zero-order chi connectivity index (χ0) is 12.2. The molecule has 0 aliphatic heterocycles. The lowest BCUT2D eigenvalue weighted by Gasteiger charge is -2.26. The van der Waals surface area contributed by atoms with Crippen LogP contribution >= 0.6 is 0 Å². The summed E-state index contributed by atoms with van der Waals surface area (Å²) in [5, 5.41) is 3.68. The fraction of sp³-hybridized carbons (Fsp3) is 1.00. The van der Waals surface area contributed by atoms with Crippen LogP contribution in [0.1, 0.15) is 79.1 Å². The van der Waals surface area contributed by atoms with Gasteiger partial charge in [0.05, 0.1) is 0 Å². The van der Waals surface area contributed by atoms with E-state index >= 15 is 0 Å². The van der Waals surface area contributed by atoms with Gasteiger partial charge in [0, 0.05) is 6.04 Å². The smallest absolute Gasteiger partial charge is 0.00950 e. The molecule has 0 radical (unpaired) electrons. The van der Waals surface area contributed by atoms with Gasteiger partial charge in [-0.2, -0.15) is 0 Å². The Morgan fingerprint density at radius 3 is 1.94 bits per heavy atom. The van der Waals surface area contributed by atoms with Gasteiger partial charge in [-0.25, -0.2) is 0 Å². The molecule has 1 unspecified atom stereocenters. The maximum atomic E-state index is 3.68. The highest BCUT2D eigenvalue weighted by Crippen LogP contribution is 2.18. The normalized spacial score (nSPS) is 13.3. The third-order valence-electron chi connectivity index (χ3n) is 3.70. The highest BCUT2D eigenvalue weighted by atomic mass is 14.9. The Hall–Kier alpha value is -0.0400. The van der Waals surface area contributed by atoms with Crippen molar-refractivity contribution in [2.45, 2.75) is 85.1 Å². The minimum Gasteiger partial charge on any atom is -0.314 e. The standard InChI is InChI=1S/C15H33N/c1-5-9-10-11-12-13-15(16-8-4)14(6-2)7-3/h14-16H,5-13H2,1-4H3. The van der Waals surface area contributed by atoms with Crippen LogP contribution in [0.3, 0.4) is 0 Å². The molecule has 0 aromatic heterocycles. The van der Waals surface area contributed by atoms with Gasteiger partial charge in [-0.3, -0.25) is 0 Å². The first-order valence-electron chi connectivity index (χ1n) is 7.53. The van der Waals surface area contributed by atoms with Crippen molar-refractivity contribution < 1.29 is 0 Å². The molecule has 0 aromatic carbocycles. The van der Waals surface area contributed by atoms with E-state index in [4.69, 9.17) is 0 Å². The Bertz CT molecular complexity index is 129. The van der Waals surface area contributed by atoms with Crippen molar-refractivity contribution >= 4 is 0 Å². The summed E-state index contributed by atoms with van der Waals surface area (Å²) in [6, 6.07) is 0.765. The molecule has 1 nitrogen and oxygen atoms in total. The summed E-state index contributed by atoms with van der Waals surface area (Å²) >= 11 is 0. The van der Waals surface area contributed by atoms with Gasteiger partial charge in [-0.05, 0) is 18.9 Å². The molecule has 0 fully saturated rings. The quantitative estimate of drug-likeness (QED) is 0.502. The molecule has 0 heterocycles. The lowest BCUT2D eigenvalue weighted by Crippen LogP contribution is -2.35. The molecule has 0 rings (SSSR count). The van der Waals surface area contributed by atoms with Gasteiger partial charge in [-0.15, -0.1) is 0 Å². The summed E-state index contributed by atoms with van der Waals surface area (Å²) in [7, 11) is 0. The van der Waals surface area contributed by atoms with Crippen molar-refractivity contribution in [3.05, 3.63) is 0 Å². The van der Waals surface area contributed by atoms with Crippen LogP contribution in [0, 0.1) is 5.92 Å². The number of nitrogens with one attached hydrogen (secondary N) is 1. The molecule has 0 saturated carbocycles. The summed E-state index contributed by atoms with van der Waals surface area (Å²) in [6.07, 6.45) is 11.1. The molecule has 98 valence electrons. The number of rotatable bonds is 11. The van der Waals surface area contributed by atoms with Crippen LogP contribution in [0.15, 0.2) is 0 Å². The lowest BCUT2D eigenvalue weighted by atomic mass is 9.90. The second-order valence-electron chi connectivity index (χ2n) is 4.94. The largest absolute Gasteiger partial charge is 0.314 e. The second-order valence-corrected chi connectivity index (χ2v) is 4.94. The Morgan fingerprint density at radius 2 is 1.44 bits per heavy atom. The van der Waals surface area contributed by atoms with Gasteiger partial charge in [0.2, 0.25) is 0 Å². The average molecular weight is 227 g/mol. The molecule has 0 aromatic rings. The van der Waals surface area contributed by atoms with Crippen LogP contribution in [0.25, 0.3) is 0 Å². The molecular weight excluding hydrogens is 194 g/mol. The SMILES string of the molecule is CCCCCCCC(NCC)C(CC)CC. The van der Waals surface area contributed by atoms with E-state index in [0.29, 0.717) is 0 Å². The van der Waals surface area contributed by atoms with Gasteiger partial charge in [0.1, 0.15) is 0 Å². The summed E-state index contributed by atoms with van der Waals surface area (Å²) in [6.45, 7) is 10.3. The van der Waals surface area contributed by atoms with Gasteiger partial charge < -0.3 is 5.32 Å². The highest BCUT2D eigenvalue weighted by Gasteiger charge is 2.16. The highest BCUT2D eigenvalue weighted by molar-refractivity contribution is 4.74. The Kier molecular flexibility index (Phi) is 11.4. The lowest BCUT2D eigenvalue weighted by molar-refractivity contribution is 0.314. The van der Waals surface area contributed by atoms with E-state index in [1.807, 2.05) is 0 Å². The second kappa shape index (κ2) is 11.4. The van der Waals surface area contributed by atoms with Crippen LogP contribution in [-0.4, -0.2) is 12.6 Å². The van der Waals surface area contributed by atoms with E-state index in [0.717, 1.165) is 18.5 Å². The zero-order valence-electron chi connectivity index (χ0n) is 12.0. The summed E-state index contributed by atoms with van der Waals surface area (Å²) in [5.41, 5.74) is 0. The first kappa shape index (κ1) is 16.0. The molecule has 1 heteroatoms. The Morgan fingerprint density at radius 1 is 0.812 bits per heavy atom. The fourth-order valence-electron chi connectivity index (χ4n) is 2.59. The molecule has 0 amide bonds. The molecule has 0 saturated heterocycles. The number of unbranched alkanes of at least 4 members (excludes halogenated alkanes) is 4. The van der Waals surface area contributed by atoms with Crippen LogP contribution < -0.4 is 5.32 Å². The zero-order valence-corrected chi connectivity index (χ0v) is 12.0. The Balaban J connectivity index is 3.74.